The molecule has 0 aliphatic carbocycles. The molecule has 10 heteroatoms. The lowest BCUT2D eigenvalue weighted by atomic mass is 10.3. The molecule has 27 heavy (non-hydrogen) atoms. The summed E-state index contributed by atoms with van der Waals surface area (Å²) < 4.78 is 26.0. The van der Waals surface area contributed by atoms with Crippen LogP contribution >= 0.6 is 0 Å². The SMILES string of the molecule is C[Si](C)(C)O[Si](C)(C)O[Si](C)(C)O[Si](C)(C)O[Si](C)(C)c1ccc(O)cc1. The molecule has 1 aromatic carbocycles. The van der Waals surface area contributed by atoms with Gasteiger partial charge in [-0.2, -0.15) is 0 Å². The predicted octanol–water partition coefficient (Wildman–Crippen LogP) is 4.81. The van der Waals surface area contributed by atoms with E-state index in [-0.39, 0.29) is 5.75 Å². The summed E-state index contributed by atoms with van der Waals surface area (Å²) in [6.45, 7) is 23.5. The second kappa shape index (κ2) is 8.36. The van der Waals surface area contributed by atoms with E-state index in [1.807, 2.05) is 12.1 Å². The van der Waals surface area contributed by atoms with Crippen LogP contribution in [-0.2, 0) is 16.5 Å². The maximum atomic E-state index is 9.54. The van der Waals surface area contributed by atoms with Crippen molar-refractivity contribution in [3.63, 3.8) is 0 Å². The van der Waals surface area contributed by atoms with Crippen LogP contribution < -0.4 is 5.19 Å². The van der Waals surface area contributed by atoms with Gasteiger partial charge in [-0.3, -0.25) is 0 Å². The summed E-state index contributed by atoms with van der Waals surface area (Å²) in [5.74, 6) is 0.271. The lowest BCUT2D eigenvalue weighted by Gasteiger charge is -2.42. The molecule has 1 aromatic rings. The van der Waals surface area contributed by atoms with Gasteiger partial charge in [0.15, 0.2) is 8.32 Å². The van der Waals surface area contributed by atoms with E-state index in [9.17, 15) is 5.11 Å². The lowest BCUT2D eigenvalue weighted by Crippen LogP contribution is -2.60. The fourth-order valence-electron chi connectivity index (χ4n) is 3.52. The zero-order valence-electron chi connectivity index (χ0n) is 18.9. The van der Waals surface area contributed by atoms with Gasteiger partial charge in [0.2, 0.25) is 8.32 Å². The number of benzene rings is 1. The van der Waals surface area contributed by atoms with Gasteiger partial charge in [0.1, 0.15) is 5.75 Å². The molecule has 1 N–H and O–H groups in total. The average Bonchev–Trinajstić information content (AvgIpc) is 2.30. The molecule has 0 saturated carbocycles. The summed E-state index contributed by atoms with van der Waals surface area (Å²) in [6, 6.07) is 7.32. The van der Waals surface area contributed by atoms with Gasteiger partial charge in [0.05, 0.1) is 0 Å². The van der Waals surface area contributed by atoms with Gasteiger partial charge < -0.3 is 21.6 Å². The van der Waals surface area contributed by atoms with Gasteiger partial charge >= 0.3 is 25.7 Å². The lowest BCUT2D eigenvalue weighted by molar-refractivity contribution is 0.300. The Morgan fingerprint density at radius 3 is 1.33 bits per heavy atom. The van der Waals surface area contributed by atoms with E-state index in [0.717, 1.165) is 5.19 Å². The zero-order valence-corrected chi connectivity index (χ0v) is 23.9. The maximum Gasteiger partial charge on any atom is 0.314 e. The number of phenols is 1. The Morgan fingerprint density at radius 1 is 0.556 bits per heavy atom. The molecule has 5 nitrogen and oxygen atoms in total. The monoisotopic (exact) mass is 462 g/mol. The summed E-state index contributed by atoms with van der Waals surface area (Å²) in [7, 11) is -10.9. The van der Waals surface area contributed by atoms with Crippen molar-refractivity contribution in [2.24, 2.45) is 0 Å². The highest BCUT2D eigenvalue weighted by Gasteiger charge is 2.45. The molecule has 0 spiro atoms. The van der Waals surface area contributed by atoms with Crippen LogP contribution in [0.3, 0.4) is 0 Å². The molecule has 0 atom stereocenters. The quantitative estimate of drug-likeness (QED) is 0.534. The summed E-state index contributed by atoms with van der Waals surface area (Å²) in [4.78, 5) is 0. The third kappa shape index (κ3) is 9.32. The van der Waals surface area contributed by atoms with Gasteiger partial charge in [-0.05, 0) is 89.3 Å². The molecule has 0 aliphatic heterocycles. The van der Waals surface area contributed by atoms with Crippen molar-refractivity contribution in [2.45, 2.75) is 72.0 Å². The first kappa shape index (κ1) is 25.0. The first-order valence-electron chi connectivity index (χ1n) is 9.43. The third-order valence-electron chi connectivity index (χ3n) is 3.60. The second-order valence-corrected chi connectivity index (χ2v) is 29.3. The Kier molecular flexibility index (Phi) is 7.73. The number of rotatable bonds is 9. The van der Waals surface area contributed by atoms with Crippen molar-refractivity contribution >= 4 is 47.5 Å². The van der Waals surface area contributed by atoms with Crippen LogP contribution in [0.25, 0.3) is 0 Å². The maximum absolute atomic E-state index is 9.54. The van der Waals surface area contributed by atoms with Crippen LogP contribution in [-0.4, -0.2) is 47.4 Å². The Labute approximate surface area is 171 Å². The minimum Gasteiger partial charge on any atom is -0.508 e. The number of hydrogen-bond acceptors (Lipinski definition) is 5. The van der Waals surface area contributed by atoms with Gasteiger partial charge in [-0.1, -0.05) is 12.1 Å². The van der Waals surface area contributed by atoms with Crippen LogP contribution in [0.2, 0.25) is 72.0 Å². The van der Waals surface area contributed by atoms with Crippen LogP contribution in [0.5, 0.6) is 5.75 Å². The average molecular weight is 463 g/mol. The van der Waals surface area contributed by atoms with Crippen molar-refractivity contribution < 1.29 is 21.6 Å². The highest BCUT2D eigenvalue weighted by molar-refractivity contribution is 6.93. The normalized spacial score (nSPS) is 14.5. The molecule has 156 valence electrons. The smallest absolute Gasteiger partial charge is 0.314 e. The van der Waals surface area contributed by atoms with Crippen LogP contribution in [0, 0.1) is 0 Å². The topological polar surface area (TPSA) is 57.2 Å². The summed E-state index contributed by atoms with van der Waals surface area (Å²) >= 11 is 0. The Bertz CT molecular complexity index is 624. The predicted molar refractivity (Wildman–Crippen MR) is 125 cm³/mol. The molecular weight excluding hydrogens is 425 g/mol. The molecule has 0 radical (unpaired) electrons. The van der Waals surface area contributed by atoms with Crippen LogP contribution in [0.4, 0.5) is 0 Å². The van der Waals surface area contributed by atoms with E-state index in [0.29, 0.717) is 0 Å². The number of aromatic hydroxyl groups is 1. The van der Waals surface area contributed by atoms with Crippen LogP contribution in [0.15, 0.2) is 24.3 Å². The van der Waals surface area contributed by atoms with Crippen molar-refractivity contribution in [3.05, 3.63) is 24.3 Å². The van der Waals surface area contributed by atoms with E-state index < -0.39 is 42.3 Å². The largest absolute Gasteiger partial charge is 0.508 e. The first-order valence-corrected chi connectivity index (χ1v) is 24.2. The molecule has 0 fully saturated rings. The van der Waals surface area contributed by atoms with Crippen molar-refractivity contribution in [3.8, 4) is 5.75 Å². The van der Waals surface area contributed by atoms with Gasteiger partial charge in [-0.25, -0.2) is 0 Å². The van der Waals surface area contributed by atoms with Crippen molar-refractivity contribution in [2.75, 3.05) is 0 Å². The van der Waals surface area contributed by atoms with Gasteiger partial charge in [0, 0.05) is 0 Å². The fraction of sp³-hybridized carbons (Fsp3) is 0.647. The molecule has 0 unspecified atom stereocenters. The summed E-state index contributed by atoms with van der Waals surface area (Å²) in [5.41, 5.74) is 0. The fourth-order valence-corrected chi connectivity index (χ4v) is 26.9. The van der Waals surface area contributed by atoms with Gasteiger partial charge in [0.25, 0.3) is 0 Å². The molecule has 0 saturated heterocycles. The van der Waals surface area contributed by atoms with Crippen LogP contribution in [0.1, 0.15) is 0 Å². The third-order valence-corrected chi connectivity index (χ3v) is 21.6. The van der Waals surface area contributed by atoms with E-state index in [1.54, 1.807) is 12.1 Å². The molecule has 0 aliphatic rings. The molecule has 0 heterocycles. The minimum atomic E-state index is -2.41. The van der Waals surface area contributed by atoms with Crippen molar-refractivity contribution in [1.82, 2.24) is 0 Å². The Morgan fingerprint density at radius 2 is 0.926 bits per heavy atom. The van der Waals surface area contributed by atoms with Crippen molar-refractivity contribution in [1.29, 1.82) is 0 Å². The van der Waals surface area contributed by atoms with Gasteiger partial charge in [-0.15, -0.1) is 0 Å². The molecule has 0 aromatic heterocycles. The molecule has 1 rings (SSSR count). The Balaban J connectivity index is 2.86. The zero-order chi connectivity index (χ0) is 21.3. The highest BCUT2D eigenvalue weighted by atomic mass is 28.5. The Hall–Kier alpha value is -0.0556. The minimum absolute atomic E-state index is 0.271. The van der Waals surface area contributed by atoms with E-state index in [4.69, 9.17) is 16.5 Å². The standard InChI is InChI=1S/C17H38O5Si5/c1-23(2,3)19-25(6,7)21-27(10,11)22-26(8,9)20-24(4,5)17-14-12-16(18)13-15-17/h12-15,18H,1-11H3. The highest BCUT2D eigenvalue weighted by Crippen LogP contribution is 2.26. The molecule has 0 bridgehead atoms. The van der Waals surface area contributed by atoms with E-state index in [1.165, 1.54) is 0 Å². The number of phenolic OH excluding ortho intramolecular Hbond substituents is 1. The number of hydrogen-bond donors (Lipinski definition) is 1. The second-order valence-electron chi connectivity index (χ2n) is 9.78. The summed E-state index contributed by atoms with van der Waals surface area (Å²) in [5, 5.41) is 10.7. The first-order chi connectivity index (χ1) is 11.8. The summed E-state index contributed by atoms with van der Waals surface area (Å²) in [6.07, 6.45) is 0. The van der Waals surface area contributed by atoms with E-state index >= 15 is 0 Å². The molecular formula is C17H38O5Si5. The molecule has 0 amide bonds. The van der Waals surface area contributed by atoms with E-state index in [2.05, 4.69) is 72.0 Å².